The molecule has 0 N–H and O–H groups in total. The van der Waals surface area contributed by atoms with Crippen LogP contribution in [0.1, 0.15) is 36.0 Å². The number of benzene rings is 2. The van der Waals surface area contributed by atoms with Gasteiger partial charge in [0.1, 0.15) is 0 Å². The van der Waals surface area contributed by atoms with E-state index in [2.05, 4.69) is 59.5 Å². The highest BCUT2D eigenvalue weighted by atomic mass is 79.9. The molecule has 22 heavy (non-hydrogen) atoms. The molecule has 1 saturated heterocycles. The molecular formula is C20H26BrN. The maximum Gasteiger partial charge on any atom is 0.00218 e. The summed E-state index contributed by atoms with van der Waals surface area (Å²) in [6.45, 7) is 3.81. The van der Waals surface area contributed by atoms with Crippen molar-refractivity contribution in [2.45, 2.75) is 32.1 Å². The summed E-state index contributed by atoms with van der Waals surface area (Å²) in [4.78, 5) is 2.62. The summed E-state index contributed by atoms with van der Waals surface area (Å²) in [5, 5.41) is 0. The number of halogens is 1. The number of piperidine rings is 1. The molecule has 1 heterocycles. The normalized spacial score (nSPS) is 15.3. The largest absolute Gasteiger partial charge is 0.303 e. The van der Waals surface area contributed by atoms with E-state index in [4.69, 9.17) is 0 Å². The Hall–Kier alpha value is -1.12. The van der Waals surface area contributed by atoms with Gasteiger partial charge in [-0.2, -0.15) is 0 Å². The molecule has 2 heteroatoms. The Balaban J connectivity index is 0.00000176. The number of hydrogen-bond donors (Lipinski definition) is 0. The summed E-state index contributed by atoms with van der Waals surface area (Å²) >= 11 is 0. The van der Waals surface area contributed by atoms with Gasteiger partial charge in [0.25, 0.3) is 0 Å². The van der Waals surface area contributed by atoms with Gasteiger partial charge in [0.05, 0.1) is 0 Å². The van der Waals surface area contributed by atoms with E-state index in [1.807, 2.05) is 0 Å². The van der Waals surface area contributed by atoms with Crippen molar-refractivity contribution in [3.05, 3.63) is 71.3 Å². The predicted octanol–water partition coefficient (Wildman–Crippen LogP) is 4.88. The van der Waals surface area contributed by atoms with Gasteiger partial charge in [-0.25, -0.2) is 0 Å². The standard InChI is InChI=1S/C20H25N.BrH/c1-3-8-18(9-4-1)16-20-11-7-10-19(17-20)12-15-21-13-5-2-6-14-21;/h1,3-4,7-11,17H,2,5-6,12-16H2;1H. The van der Waals surface area contributed by atoms with Crippen molar-refractivity contribution in [2.24, 2.45) is 0 Å². The van der Waals surface area contributed by atoms with E-state index in [0.29, 0.717) is 0 Å². The van der Waals surface area contributed by atoms with Gasteiger partial charge < -0.3 is 4.90 Å². The zero-order chi connectivity index (χ0) is 14.3. The summed E-state index contributed by atoms with van der Waals surface area (Å²) in [7, 11) is 0. The molecule has 0 aliphatic carbocycles. The molecule has 0 bridgehead atoms. The van der Waals surface area contributed by atoms with Crippen LogP contribution in [0, 0.1) is 0 Å². The molecule has 0 saturated carbocycles. The molecule has 0 amide bonds. The van der Waals surface area contributed by atoms with E-state index in [-0.39, 0.29) is 17.0 Å². The molecule has 2 aromatic rings. The van der Waals surface area contributed by atoms with E-state index in [1.165, 1.54) is 62.0 Å². The lowest BCUT2D eigenvalue weighted by molar-refractivity contribution is 0.231. The Labute approximate surface area is 145 Å². The summed E-state index contributed by atoms with van der Waals surface area (Å²) in [5.41, 5.74) is 4.30. The molecule has 1 aliphatic rings. The Bertz CT molecular complexity index is 547. The van der Waals surface area contributed by atoms with Gasteiger partial charge in [-0.1, -0.05) is 61.0 Å². The quantitative estimate of drug-likeness (QED) is 0.734. The molecule has 118 valence electrons. The molecule has 0 aromatic heterocycles. The minimum atomic E-state index is 0. The van der Waals surface area contributed by atoms with Gasteiger partial charge in [0.15, 0.2) is 0 Å². The second-order valence-electron chi connectivity index (χ2n) is 6.13. The lowest BCUT2D eigenvalue weighted by Gasteiger charge is -2.26. The van der Waals surface area contributed by atoms with Gasteiger partial charge >= 0.3 is 0 Å². The first-order chi connectivity index (χ1) is 10.4. The summed E-state index contributed by atoms with van der Waals surface area (Å²) < 4.78 is 0. The van der Waals surface area contributed by atoms with E-state index in [0.717, 1.165) is 6.42 Å². The topological polar surface area (TPSA) is 3.24 Å². The maximum absolute atomic E-state index is 2.62. The van der Waals surface area contributed by atoms with Crippen molar-refractivity contribution in [1.82, 2.24) is 4.90 Å². The molecule has 0 unspecified atom stereocenters. The summed E-state index contributed by atoms with van der Waals surface area (Å²) in [6.07, 6.45) is 6.41. The van der Waals surface area contributed by atoms with Crippen LogP contribution in [0.25, 0.3) is 0 Å². The van der Waals surface area contributed by atoms with Gasteiger partial charge in [-0.15, -0.1) is 17.0 Å². The van der Waals surface area contributed by atoms with Crippen LogP contribution in [0.15, 0.2) is 54.6 Å². The zero-order valence-corrected chi connectivity index (χ0v) is 14.9. The van der Waals surface area contributed by atoms with Crippen LogP contribution in [-0.4, -0.2) is 24.5 Å². The lowest BCUT2D eigenvalue weighted by Crippen LogP contribution is -2.31. The molecular weight excluding hydrogens is 334 g/mol. The first-order valence-corrected chi connectivity index (χ1v) is 8.24. The second-order valence-corrected chi connectivity index (χ2v) is 6.13. The van der Waals surface area contributed by atoms with E-state index < -0.39 is 0 Å². The molecule has 0 spiro atoms. The zero-order valence-electron chi connectivity index (χ0n) is 13.2. The van der Waals surface area contributed by atoms with Crippen LogP contribution >= 0.6 is 17.0 Å². The molecule has 0 radical (unpaired) electrons. The average molecular weight is 360 g/mol. The number of hydrogen-bond acceptors (Lipinski definition) is 1. The highest BCUT2D eigenvalue weighted by Gasteiger charge is 2.09. The van der Waals surface area contributed by atoms with Crippen LogP contribution < -0.4 is 0 Å². The molecule has 1 aliphatic heterocycles. The first kappa shape index (κ1) is 17.2. The summed E-state index contributed by atoms with van der Waals surface area (Å²) in [6, 6.07) is 19.9. The van der Waals surface area contributed by atoms with Crippen molar-refractivity contribution in [1.29, 1.82) is 0 Å². The average Bonchev–Trinajstić information content (AvgIpc) is 2.55. The van der Waals surface area contributed by atoms with Crippen molar-refractivity contribution < 1.29 is 0 Å². The van der Waals surface area contributed by atoms with Gasteiger partial charge in [-0.05, 0) is 55.5 Å². The van der Waals surface area contributed by atoms with Crippen molar-refractivity contribution in [2.75, 3.05) is 19.6 Å². The minimum absolute atomic E-state index is 0. The third-order valence-corrected chi connectivity index (χ3v) is 4.41. The fourth-order valence-corrected chi connectivity index (χ4v) is 3.20. The lowest BCUT2D eigenvalue weighted by atomic mass is 10.0. The van der Waals surface area contributed by atoms with E-state index >= 15 is 0 Å². The van der Waals surface area contributed by atoms with Crippen molar-refractivity contribution in [3.63, 3.8) is 0 Å². The van der Waals surface area contributed by atoms with Crippen LogP contribution in [0.4, 0.5) is 0 Å². The van der Waals surface area contributed by atoms with Crippen molar-refractivity contribution >= 4 is 17.0 Å². The van der Waals surface area contributed by atoms with E-state index in [1.54, 1.807) is 0 Å². The van der Waals surface area contributed by atoms with Crippen LogP contribution in [0.2, 0.25) is 0 Å². The van der Waals surface area contributed by atoms with Gasteiger partial charge in [-0.3, -0.25) is 0 Å². The van der Waals surface area contributed by atoms with Crippen LogP contribution in [0.5, 0.6) is 0 Å². The highest BCUT2D eigenvalue weighted by Crippen LogP contribution is 2.14. The number of rotatable bonds is 5. The minimum Gasteiger partial charge on any atom is -0.303 e. The van der Waals surface area contributed by atoms with Crippen LogP contribution in [0.3, 0.4) is 0 Å². The number of nitrogens with zero attached hydrogens (tertiary/aromatic N) is 1. The fourth-order valence-electron chi connectivity index (χ4n) is 3.20. The molecule has 1 nitrogen and oxygen atoms in total. The molecule has 0 atom stereocenters. The Morgan fingerprint density at radius 2 is 1.41 bits per heavy atom. The Morgan fingerprint density at radius 1 is 0.727 bits per heavy atom. The molecule has 2 aromatic carbocycles. The molecule has 1 fully saturated rings. The third kappa shape index (κ3) is 5.26. The van der Waals surface area contributed by atoms with Gasteiger partial charge in [0, 0.05) is 6.54 Å². The SMILES string of the molecule is Br.c1ccc(Cc2cccc(CCN3CCCCC3)c2)cc1. The van der Waals surface area contributed by atoms with Crippen molar-refractivity contribution in [3.8, 4) is 0 Å². The Morgan fingerprint density at radius 3 is 2.18 bits per heavy atom. The third-order valence-electron chi connectivity index (χ3n) is 4.41. The fraction of sp³-hybridized carbons (Fsp3) is 0.400. The predicted molar refractivity (Wildman–Crippen MR) is 100 cm³/mol. The van der Waals surface area contributed by atoms with E-state index in [9.17, 15) is 0 Å². The Kier molecular flexibility index (Phi) is 7.14. The maximum atomic E-state index is 2.62. The second kappa shape index (κ2) is 9.12. The number of likely N-dealkylation sites (tertiary alicyclic amines) is 1. The highest BCUT2D eigenvalue weighted by molar-refractivity contribution is 8.93. The first-order valence-electron chi connectivity index (χ1n) is 8.24. The summed E-state index contributed by atoms with van der Waals surface area (Å²) in [5.74, 6) is 0. The monoisotopic (exact) mass is 359 g/mol. The smallest absolute Gasteiger partial charge is 0.00218 e. The van der Waals surface area contributed by atoms with Gasteiger partial charge in [0.2, 0.25) is 0 Å². The molecule has 3 rings (SSSR count). The van der Waals surface area contributed by atoms with Crippen LogP contribution in [-0.2, 0) is 12.8 Å².